The molecule has 0 radical (unpaired) electrons. The molecule has 1 unspecified atom stereocenters. The lowest BCUT2D eigenvalue weighted by Crippen LogP contribution is -2.34. The van der Waals surface area contributed by atoms with E-state index in [4.69, 9.17) is 16.6 Å². The molecule has 166 valence electrons. The second-order valence-corrected chi connectivity index (χ2v) is 8.33. The molecule has 1 atom stereocenters. The highest BCUT2D eigenvalue weighted by Gasteiger charge is 2.21. The van der Waals surface area contributed by atoms with Crippen molar-refractivity contribution >= 4 is 44.9 Å². The van der Waals surface area contributed by atoms with Gasteiger partial charge in [-0.3, -0.25) is 10.2 Å². The lowest BCUT2D eigenvalue weighted by Gasteiger charge is -2.23. The van der Waals surface area contributed by atoms with E-state index in [-0.39, 0.29) is 11.6 Å². The maximum absolute atomic E-state index is 13.6. The van der Waals surface area contributed by atoms with E-state index >= 15 is 0 Å². The lowest BCUT2D eigenvalue weighted by atomic mass is 10.1. The molecule has 0 aliphatic heterocycles. The SMILES string of the molecule is CCC(Nc1ccnc2[nH]ccc12)c1nc2cccc(Cl)c2c(=O)n1Nc1ccc(C)cc1. The number of halogens is 1. The molecular weight excluding hydrogens is 436 g/mol. The largest absolute Gasteiger partial charge is 0.374 e. The van der Waals surface area contributed by atoms with Gasteiger partial charge in [-0.15, -0.1) is 0 Å². The van der Waals surface area contributed by atoms with Crippen molar-refractivity contribution in [3.8, 4) is 0 Å². The minimum absolute atomic E-state index is 0.247. The molecule has 5 aromatic rings. The van der Waals surface area contributed by atoms with Crippen LogP contribution in [0.1, 0.15) is 30.8 Å². The van der Waals surface area contributed by atoms with Gasteiger partial charge in [-0.2, -0.15) is 0 Å². The number of aromatic amines is 1. The predicted molar refractivity (Wildman–Crippen MR) is 134 cm³/mol. The van der Waals surface area contributed by atoms with Gasteiger partial charge in [0.2, 0.25) is 0 Å². The number of nitrogens with zero attached hydrogens (tertiary/aromatic N) is 3. The van der Waals surface area contributed by atoms with Crippen molar-refractivity contribution in [2.75, 3.05) is 10.7 Å². The zero-order valence-corrected chi connectivity index (χ0v) is 19.0. The number of benzene rings is 2. The van der Waals surface area contributed by atoms with Crippen molar-refractivity contribution < 1.29 is 0 Å². The molecule has 0 saturated heterocycles. The summed E-state index contributed by atoms with van der Waals surface area (Å²) in [6, 6.07) is 16.8. The maximum atomic E-state index is 13.6. The molecule has 0 spiro atoms. The quantitative estimate of drug-likeness (QED) is 0.305. The van der Waals surface area contributed by atoms with Gasteiger partial charge in [0, 0.05) is 23.5 Å². The summed E-state index contributed by atoms with van der Waals surface area (Å²) in [7, 11) is 0. The van der Waals surface area contributed by atoms with Crippen molar-refractivity contribution in [2.45, 2.75) is 26.3 Å². The molecule has 5 rings (SSSR count). The van der Waals surface area contributed by atoms with E-state index in [1.807, 2.05) is 55.6 Å². The van der Waals surface area contributed by atoms with Crippen LogP contribution in [0, 0.1) is 6.92 Å². The van der Waals surface area contributed by atoms with Crippen LogP contribution >= 0.6 is 11.6 Å². The maximum Gasteiger partial charge on any atom is 0.281 e. The third-order valence-corrected chi connectivity index (χ3v) is 5.99. The lowest BCUT2D eigenvalue weighted by molar-refractivity contribution is 0.643. The Hall–Kier alpha value is -3.84. The Bertz CT molecular complexity index is 1510. The van der Waals surface area contributed by atoms with Crippen LogP contribution in [0.5, 0.6) is 0 Å². The monoisotopic (exact) mass is 458 g/mol. The van der Waals surface area contributed by atoms with Gasteiger partial charge < -0.3 is 10.3 Å². The zero-order chi connectivity index (χ0) is 22.9. The molecule has 7 nitrogen and oxygen atoms in total. The fourth-order valence-corrected chi connectivity index (χ4v) is 4.18. The first-order chi connectivity index (χ1) is 16.0. The first kappa shape index (κ1) is 21.0. The number of aromatic nitrogens is 4. The molecule has 0 aliphatic carbocycles. The number of aryl methyl sites for hydroxylation is 1. The van der Waals surface area contributed by atoms with E-state index < -0.39 is 0 Å². The van der Waals surface area contributed by atoms with Crippen molar-refractivity contribution in [3.63, 3.8) is 0 Å². The number of pyridine rings is 1. The van der Waals surface area contributed by atoms with Crippen LogP contribution in [0.2, 0.25) is 5.02 Å². The van der Waals surface area contributed by atoms with Gasteiger partial charge in [0.15, 0.2) is 5.82 Å². The van der Waals surface area contributed by atoms with Crippen molar-refractivity contribution in [1.82, 2.24) is 19.6 Å². The summed E-state index contributed by atoms with van der Waals surface area (Å²) in [5.74, 6) is 0.568. The molecule has 0 saturated carbocycles. The second kappa shape index (κ2) is 8.60. The van der Waals surface area contributed by atoms with Crippen LogP contribution in [-0.4, -0.2) is 19.6 Å². The van der Waals surface area contributed by atoms with Gasteiger partial charge in [0.1, 0.15) is 5.65 Å². The van der Waals surface area contributed by atoms with E-state index in [1.54, 1.807) is 18.3 Å². The van der Waals surface area contributed by atoms with Crippen LogP contribution in [0.3, 0.4) is 0 Å². The molecule has 3 N–H and O–H groups in total. The molecule has 0 aliphatic rings. The molecule has 0 amide bonds. The van der Waals surface area contributed by atoms with Crippen LogP contribution in [0.15, 0.2) is 71.8 Å². The fraction of sp³-hybridized carbons (Fsp3) is 0.160. The Balaban J connectivity index is 1.66. The van der Waals surface area contributed by atoms with Crippen LogP contribution in [0.25, 0.3) is 21.9 Å². The summed E-state index contributed by atoms with van der Waals surface area (Å²) in [5, 5.41) is 5.29. The fourth-order valence-electron chi connectivity index (χ4n) is 3.93. The van der Waals surface area contributed by atoms with Gasteiger partial charge in [0.25, 0.3) is 5.56 Å². The first-order valence-electron chi connectivity index (χ1n) is 10.8. The van der Waals surface area contributed by atoms with E-state index in [1.165, 1.54) is 4.68 Å². The number of hydrogen-bond acceptors (Lipinski definition) is 5. The van der Waals surface area contributed by atoms with Gasteiger partial charge in [-0.1, -0.05) is 42.3 Å². The average molecular weight is 459 g/mol. The van der Waals surface area contributed by atoms with Crippen molar-refractivity contribution in [3.05, 3.63) is 93.8 Å². The topological polar surface area (TPSA) is 87.6 Å². The summed E-state index contributed by atoms with van der Waals surface area (Å²) in [4.78, 5) is 26.0. The van der Waals surface area contributed by atoms with Crippen molar-refractivity contribution in [2.24, 2.45) is 0 Å². The third kappa shape index (κ3) is 3.91. The van der Waals surface area contributed by atoms with Gasteiger partial charge in [-0.05, 0) is 49.7 Å². The Morgan fingerprint density at radius 1 is 1.12 bits per heavy atom. The van der Waals surface area contributed by atoms with E-state index in [2.05, 4.69) is 27.6 Å². The highest BCUT2D eigenvalue weighted by molar-refractivity contribution is 6.35. The van der Waals surface area contributed by atoms with E-state index in [0.29, 0.717) is 28.2 Å². The highest BCUT2D eigenvalue weighted by atomic mass is 35.5. The molecule has 0 bridgehead atoms. The minimum Gasteiger partial charge on any atom is -0.374 e. The average Bonchev–Trinajstić information content (AvgIpc) is 3.30. The van der Waals surface area contributed by atoms with Crippen LogP contribution < -0.4 is 16.3 Å². The normalized spacial score (nSPS) is 12.2. The standard InChI is InChI=1S/C25H23ClN6O/c1-3-19(29-20-12-14-28-23-17(20)11-13-27-23)24-30-21-6-4-5-18(26)22(21)25(33)32(24)31-16-9-7-15(2)8-10-16/h4-14,19,31H,3H2,1-2H3,(H2,27,28,29). The number of fused-ring (bicyclic) bond motifs is 2. The summed E-state index contributed by atoms with van der Waals surface area (Å²) < 4.78 is 1.50. The van der Waals surface area contributed by atoms with Crippen LogP contribution in [0.4, 0.5) is 11.4 Å². The summed E-state index contributed by atoms with van der Waals surface area (Å²) in [6.45, 7) is 4.07. The molecule has 33 heavy (non-hydrogen) atoms. The van der Waals surface area contributed by atoms with Crippen LogP contribution in [-0.2, 0) is 0 Å². The number of rotatable bonds is 6. The molecule has 2 aromatic carbocycles. The molecule has 3 aromatic heterocycles. The van der Waals surface area contributed by atoms with Gasteiger partial charge in [-0.25, -0.2) is 14.6 Å². The minimum atomic E-state index is -0.250. The molecular formula is C25H23ClN6O. The molecule has 8 heteroatoms. The Morgan fingerprint density at radius 2 is 1.94 bits per heavy atom. The number of H-pyrrole nitrogens is 1. The van der Waals surface area contributed by atoms with Gasteiger partial charge in [0.05, 0.1) is 27.7 Å². The second-order valence-electron chi connectivity index (χ2n) is 7.93. The molecule has 3 heterocycles. The van der Waals surface area contributed by atoms with E-state index in [9.17, 15) is 4.79 Å². The Labute approximate surface area is 195 Å². The molecule has 0 fully saturated rings. The number of nitrogens with one attached hydrogen (secondary N) is 3. The Kier molecular flexibility index (Phi) is 5.48. The number of anilines is 2. The van der Waals surface area contributed by atoms with Gasteiger partial charge >= 0.3 is 0 Å². The highest BCUT2D eigenvalue weighted by Crippen LogP contribution is 2.28. The smallest absolute Gasteiger partial charge is 0.281 e. The summed E-state index contributed by atoms with van der Waals surface area (Å²) in [6.07, 6.45) is 4.30. The first-order valence-corrected chi connectivity index (χ1v) is 11.2. The third-order valence-electron chi connectivity index (χ3n) is 5.67. The zero-order valence-electron chi connectivity index (χ0n) is 18.3. The van der Waals surface area contributed by atoms with Crippen molar-refractivity contribution in [1.29, 1.82) is 0 Å². The number of hydrogen-bond donors (Lipinski definition) is 3. The Morgan fingerprint density at radius 3 is 2.73 bits per heavy atom. The van der Waals surface area contributed by atoms with E-state index in [0.717, 1.165) is 28.0 Å². The summed E-state index contributed by atoms with van der Waals surface area (Å²) >= 11 is 6.40. The summed E-state index contributed by atoms with van der Waals surface area (Å²) in [5.41, 5.74) is 7.18. The predicted octanol–water partition coefficient (Wildman–Crippen LogP) is 5.67.